The Morgan fingerprint density at radius 1 is 1.17 bits per heavy atom. The molecule has 1 aliphatic rings. The molecule has 0 aromatic heterocycles. The van der Waals surface area contributed by atoms with Crippen LogP contribution in [-0.4, -0.2) is 11.0 Å². The molecule has 0 fully saturated rings. The minimum absolute atomic E-state index is 0.0247. The van der Waals surface area contributed by atoms with Crippen LogP contribution in [0.3, 0.4) is 0 Å². The van der Waals surface area contributed by atoms with Crippen LogP contribution in [0.15, 0.2) is 24.3 Å². The fourth-order valence-corrected chi connectivity index (χ4v) is 2.92. The van der Waals surface area contributed by atoms with E-state index in [-0.39, 0.29) is 18.0 Å². The zero-order valence-corrected chi connectivity index (χ0v) is 13.1. The summed E-state index contributed by atoms with van der Waals surface area (Å²) in [6, 6.07) is 7.38. The van der Waals surface area contributed by atoms with E-state index in [2.05, 4.69) is 11.4 Å². The van der Waals surface area contributed by atoms with Gasteiger partial charge in [0.15, 0.2) is 11.6 Å². The highest BCUT2D eigenvalue weighted by Gasteiger charge is 2.25. The van der Waals surface area contributed by atoms with Crippen molar-refractivity contribution in [2.75, 3.05) is 5.32 Å². The van der Waals surface area contributed by atoms with Crippen molar-refractivity contribution in [2.45, 2.75) is 33.3 Å². The fraction of sp³-hybridized carbons (Fsp3) is 0.278. The number of aromatic hydroxyl groups is 1. The third kappa shape index (κ3) is 3.13. The topological polar surface area (TPSA) is 58.6 Å². The van der Waals surface area contributed by atoms with Gasteiger partial charge in [-0.05, 0) is 25.8 Å². The molecule has 0 unspecified atom stereocenters. The van der Waals surface area contributed by atoms with Crippen LogP contribution in [0.25, 0.3) is 0 Å². The zero-order valence-electron chi connectivity index (χ0n) is 13.1. The highest BCUT2D eigenvalue weighted by molar-refractivity contribution is 5.95. The summed E-state index contributed by atoms with van der Waals surface area (Å²) < 4.78 is 19.8. The Morgan fingerprint density at radius 2 is 1.87 bits per heavy atom. The summed E-state index contributed by atoms with van der Waals surface area (Å²) in [6.07, 6.45) is 0.664. The zero-order chi connectivity index (χ0) is 16.6. The third-order valence-corrected chi connectivity index (χ3v) is 3.85. The van der Waals surface area contributed by atoms with E-state index < -0.39 is 11.6 Å². The molecule has 0 saturated heterocycles. The van der Waals surface area contributed by atoms with Crippen LogP contribution in [0.5, 0.6) is 11.5 Å². The summed E-state index contributed by atoms with van der Waals surface area (Å²) in [5.74, 6) is -1.20. The molecule has 0 saturated carbocycles. The van der Waals surface area contributed by atoms with Gasteiger partial charge in [0.2, 0.25) is 5.91 Å². The molecule has 3 rings (SSSR count). The molecular weight excluding hydrogens is 297 g/mol. The first-order valence-electron chi connectivity index (χ1n) is 7.48. The van der Waals surface area contributed by atoms with Crippen molar-refractivity contribution in [3.63, 3.8) is 0 Å². The van der Waals surface area contributed by atoms with E-state index in [0.717, 1.165) is 16.7 Å². The number of benzene rings is 2. The van der Waals surface area contributed by atoms with Crippen LogP contribution in [0.2, 0.25) is 0 Å². The number of amides is 1. The number of hydrogen-bond donors (Lipinski definition) is 2. The van der Waals surface area contributed by atoms with Gasteiger partial charge in [-0.25, -0.2) is 4.39 Å². The van der Waals surface area contributed by atoms with Crippen LogP contribution in [0, 0.1) is 19.7 Å². The van der Waals surface area contributed by atoms with Gasteiger partial charge in [0.05, 0.1) is 5.69 Å². The molecule has 5 heteroatoms. The van der Waals surface area contributed by atoms with E-state index in [1.165, 1.54) is 6.07 Å². The molecule has 23 heavy (non-hydrogen) atoms. The molecule has 2 aromatic carbocycles. The lowest BCUT2D eigenvalue weighted by atomic mass is 10.0. The molecule has 0 aliphatic carbocycles. The summed E-state index contributed by atoms with van der Waals surface area (Å²) in [5.41, 5.74) is 3.89. The van der Waals surface area contributed by atoms with Crippen LogP contribution < -0.4 is 10.1 Å². The lowest BCUT2D eigenvalue weighted by molar-refractivity contribution is -0.116. The average Bonchev–Trinajstić information content (AvgIpc) is 2.48. The van der Waals surface area contributed by atoms with Gasteiger partial charge in [-0.15, -0.1) is 0 Å². The van der Waals surface area contributed by atoms with Gasteiger partial charge < -0.3 is 15.2 Å². The number of phenols is 1. The number of nitrogens with one attached hydrogen (secondary N) is 1. The second kappa shape index (κ2) is 5.91. The van der Waals surface area contributed by atoms with Crippen LogP contribution in [-0.2, 0) is 17.8 Å². The van der Waals surface area contributed by atoms with Crippen molar-refractivity contribution in [2.24, 2.45) is 0 Å². The second-order valence-electron chi connectivity index (χ2n) is 5.89. The van der Waals surface area contributed by atoms with Crippen LogP contribution >= 0.6 is 0 Å². The summed E-state index contributed by atoms with van der Waals surface area (Å²) in [5, 5.41) is 12.2. The first-order chi connectivity index (χ1) is 10.9. The van der Waals surface area contributed by atoms with Crippen molar-refractivity contribution in [3.8, 4) is 11.5 Å². The van der Waals surface area contributed by atoms with Gasteiger partial charge in [-0.3, -0.25) is 4.79 Å². The number of ether oxygens (including phenoxy) is 1. The maximum atomic E-state index is 14.0. The van der Waals surface area contributed by atoms with Crippen molar-refractivity contribution in [1.29, 1.82) is 0 Å². The van der Waals surface area contributed by atoms with Crippen molar-refractivity contribution in [1.82, 2.24) is 0 Å². The van der Waals surface area contributed by atoms with Crippen molar-refractivity contribution >= 4 is 11.6 Å². The molecule has 2 aromatic rings. The lowest BCUT2D eigenvalue weighted by Crippen LogP contribution is -2.21. The Balaban J connectivity index is 1.90. The van der Waals surface area contributed by atoms with E-state index in [4.69, 9.17) is 4.74 Å². The highest BCUT2D eigenvalue weighted by Crippen LogP contribution is 2.39. The quantitative estimate of drug-likeness (QED) is 0.909. The molecule has 120 valence electrons. The number of halogens is 1. The Morgan fingerprint density at radius 3 is 2.57 bits per heavy atom. The monoisotopic (exact) mass is 315 g/mol. The normalized spacial score (nSPS) is 13.4. The van der Waals surface area contributed by atoms with Gasteiger partial charge in [0.1, 0.15) is 12.4 Å². The molecule has 0 radical (unpaired) electrons. The fourth-order valence-electron chi connectivity index (χ4n) is 2.92. The van der Waals surface area contributed by atoms with E-state index >= 15 is 0 Å². The average molecular weight is 315 g/mol. The molecule has 0 bridgehead atoms. The van der Waals surface area contributed by atoms with E-state index in [0.29, 0.717) is 24.3 Å². The third-order valence-electron chi connectivity index (χ3n) is 3.85. The van der Waals surface area contributed by atoms with Gasteiger partial charge in [-0.2, -0.15) is 0 Å². The number of aryl methyl sites for hydroxylation is 2. The Kier molecular flexibility index (Phi) is 3.94. The van der Waals surface area contributed by atoms with E-state index in [9.17, 15) is 14.3 Å². The second-order valence-corrected chi connectivity index (χ2v) is 5.89. The number of fused-ring (bicyclic) bond motifs is 1. The van der Waals surface area contributed by atoms with Gasteiger partial charge >= 0.3 is 0 Å². The Hall–Kier alpha value is -2.56. The predicted octanol–water partition coefficient (Wildman–Crippen LogP) is 3.61. The molecule has 2 N–H and O–H groups in total. The Bertz CT molecular complexity index is 766. The Labute approximate surface area is 133 Å². The number of anilines is 1. The summed E-state index contributed by atoms with van der Waals surface area (Å²) in [6.45, 7) is 4.34. The summed E-state index contributed by atoms with van der Waals surface area (Å²) in [4.78, 5) is 11.5. The van der Waals surface area contributed by atoms with Gasteiger partial charge in [0.25, 0.3) is 0 Å². The largest absolute Gasteiger partial charge is 0.505 e. The van der Waals surface area contributed by atoms with Crippen molar-refractivity contribution < 1.29 is 19.0 Å². The molecule has 0 atom stereocenters. The molecule has 1 heterocycles. The first kappa shape index (κ1) is 15.3. The maximum Gasteiger partial charge on any atom is 0.224 e. The molecule has 4 nitrogen and oxygen atoms in total. The lowest BCUT2D eigenvalue weighted by Gasteiger charge is -2.21. The number of carbonyl (C=O) groups is 1. The standard InChI is InChI=1S/C18H18FNO3/c1-10-5-11(2)7-12(6-10)9-23-15-8-14(21)17(19)18-13(15)3-4-16(22)20-18/h5-8,21H,3-4,9H2,1-2H3,(H,20,22). The van der Waals surface area contributed by atoms with Crippen LogP contribution in [0.1, 0.15) is 28.7 Å². The number of hydrogen-bond acceptors (Lipinski definition) is 3. The van der Waals surface area contributed by atoms with Crippen molar-refractivity contribution in [3.05, 3.63) is 52.3 Å². The van der Waals surface area contributed by atoms with Crippen LogP contribution in [0.4, 0.5) is 10.1 Å². The van der Waals surface area contributed by atoms with Gasteiger partial charge in [-0.1, -0.05) is 29.3 Å². The minimum Gasteiger partial charge on any atom is -0.505 e. The molecule has 0 spiro atoms. The van der Waals surface area contributed by atoms with E-state index in [1.54, 1.807) is 0 Å². The summed E-state index contributed by atoms with van der Waals surface area (Å²) >= 11 is 0. The molecule has 1 amide bonds. The van der Waals surface area contributed by atoms with E-state index in [1.807, 2.05) is 26.0 Å². The predicted molar refractivity (Wildman–Crippen MR) is 85.3 cm³/mol. The van der Waals surface area contributed by atoms with Gasteiger partial charge in [0, 0.05) is 18.1 Å². The highest BCUT2D eigenvalue weighted by atomic mass is 19.1. The number of rotatable bonds is 3. The smallest absolute Gasteiger partial charge is 0.224 e. The molecular formula is C18H18FNO3. The number of carbonyl (C=O) groups excluding carboxylic acids is 1. The maximum absolute atomic E-state index is 14.0. The number of phenolic OH excluding ortho intramolecular Hbond substituents is 1. The SMILES string of the molecule is Cc1cc(C)cc(COc2cc(O)c(F)c3c2CCC(=O)N3)c1. The summed E-state index contributed by atoms with van der Waals surface area (Å²) in [7, 11) is 0. The molecule has 1 aliphatic heterocycles. The minimum atomic E-state index is -0.813. The first-order valence-corrected chi connectivity index (χ1v) is 7.48.